The van der Waals surface area contributed by atoms with Gasteiger partial charge in [-0.2, -0.15) is 0 Å². The zero-order chi connectivity index (χ0) is 18.9. The monoisotopic (exact) mass is 365 g/mol. The fourth-order valence-corrected chi connectivity index (χ4v) is 4.72. The van der Waals surface area contributed by atoms with E-state index in [2.05, 4.69) is 60.7 Å². The lowest BCUT2D eigenvalue weighted by molar-refractivity contribution is 0.415. The van der Waals surface area contributed by atoms with E-state index in [4.69, 9.17) is 4.74 Å². The van der Waals surface area contributed by atoms with E-state index < -0.39 is 0 Å². The predicted octanol–water partition coefficient (Wildman–Crippen LogP) is 7.56. The fraction of sp³-hybridized carbons (Fsp3) is 0.222. The van der Waals surface area contributed by atoms with E-state index >= 15 is 0 Å². The molecule has 0 spiro atoms. The van der Waals surface area contributed by atoms with Crippen molar-refractivity contribution in [3.8, 4) is 16.9 Å². The Bertz CT molecular complexity index is 1120. The van der Waals surface area contributed by atoms with E-state index in [1.807, 2.05) is 12.1 Å². The molecule has 1 radical (unpaired) electrons. The highest BCUT2D eigenvalue weighted by Crippen LogP contribution is 2.42. The Hall–Kier alpha value is -2.80. The molecule has 0 aliphatic heterocycles. The number of fused-ring (bicyclic) bond motifs is 2. The maximum Gasteiger partial charge on any atom is 0.118 e. The summed E-state index contributed by atoms with van der Waals surface area (Å²) in [6, 6.07) is 26.4. The van der Waals surface area contributed by atoms with Crippen LogP contribution in [0.25, 0.3) is 32.7 Å². The topological polar surface area (TPSA) is 9.23 Å². The highest BCUT2D eigenvalue weighted by atomic mass is 16.5. The summed E-state index contributed by atoms with van der Waals surface area (Å²) in [4.78, 5) is 0. The van der Waals surface area contributed by atoms with Crippen LogP contribution in [0.2, 0.25) is 0 Å². The van der Waals surface area contributed by atoms with Gasteiger partial charge >= 0.3 is 0 Å². The summed E-state index contributed by atoms with van der Waals surface area (Å²) in [5.74, 6) is 2.54. The second-order valence-corrected chi connectivity index (χ2v) is 7.77. The van der Waals surface area contributed by atoms with Gasteiger partial charge in [0.25, 0.3) is 0 Å². The molecule has 1 saturated carbocycles. The maximum absolute atomic E-state index is 5.35. The highest BCUT2D eigenvalue weighted by Gasteiger charge is 2.21. The number of rotatable bonds is 3. The lowest BCUT2D eigenvalue weighted by atomic mass is 9.79. The van der Waals surface area contributed by atoms with Gasteiger partial charge < -0.3 is 4.74 Å². The minimum Gasteiger partial charge on any atom is -0.497 e. The second kappa shape index (κ2) is 7.31. The van der Waals surface area contributed by atoms with E-state index in [0.717, 1.165) is 5.75 Å². The normalized spacial score (nSPS) is 15.2. The molecule has 1 aliphatic rings. The molecule has 1 heteroatoms. The minimum absolute atomic E-state index is 0.896. The summed E-state index contributed by atoms with van der Waals surface area (Å²) in [6.07, 6.45) is 6.46. The van der Waals surface area contributed by atoms with Crippen molar-refractivity contribution in [1.29, 1.82) is 0 Å². The van der Waals surface area contributed by atoms with Gasteiger partial charge in [0.15, 0.2) is 0 Å². The Morgan fingerprint density at radius 3 is 2.21 bits per heavy atom. The van der Waals surface area contributed by atoms with E-state index in [1.54, 1.807) is 13.0 Å². The molecule has 0 heterocycles. The van der Waals surface area contributed by atoms with E-state index in [9.17, 15) is 0 Å². The summed E-state index contributed by atoms with van der Waals surface area (Å²) < 4.78 is 5.35. The Balaban J connectivity index is 1.78. The smallest absolute Gasteiger partial charge is 0.118 e. The van der Waals surface area contributed by atoms with Crippen LogP contribution in [0.4, 0.5) is 0 Å². The Kier molecular flexibility index (Phi) is 4.52. The summed E-state index contributed by atoms with van der Waals surface area (Å²) >= 11 is 0. The zero-order valence-electron chi connectivity index (χ0n) is 16.4. The first-order chi connectivity index (χ1) is 13.8. The van der Waals surface area contributed by atoms with Gasteiger partial charge in [-0.1, -0.05) is 73.9 Å². The molecule has 28 heavy (non-hydrogen) atoms. The molecule has 0 unspecified atom stereocenters. The number of benzene rings is 4. The summed E-state index contributed by atoms with van der Waals surface area (Å²) in [7, 11) is 1.72. The molecule has 1 nitrogen and oxygen atoms in total. The summed E-state index contributed by atoms with van der Waals surface area (Å²) in [5.41, 5.74) is 4.02. The molecule has 0 amide bonds. The van der Waals surface area contributed by atoms with E-state index in [-0.39, 0.29) is 0 Å². The van der Waals surface area contributed by atoms with Crippen molar-refractivity contribution in [2.75, 3.05) is 7.11 Å². The molecule has 4 aromatic carbocycles. The number of hydrogen-bond acceptors (Lipinski definition) is 1. The molecule has 0 atom stereocenters. The van der Waals surface area contributed by atoms with Crippen molar-refractivity contribution in [3.05, 3.63) is 84.3 Å². The van der Waals surface area contributed by atoms with E-state index in [0.29, 0.717) is 0 Å². The van der Waals surface area contributed by atoms with Crippen LogP contribution in [-0.4, -0.2) is 7.11 Å². The lowest BCUT2D eigenvalue weighted by Gasteiger charge is -2.25. The van der Waals surface area contributed by atoms with Crippen LogP contribution in [0, 0.1) is 5.92 Å². The number of methoxy groups -OCH3 is 1. The minimum atomic E-state index is 0.896. The van der Waals surface area contributed by atoms with Crippen molar-refractivity contribution in [1.82, 2.24) is 0 Å². The fourth-order valence-electron chi connectivity index (χ4n) is 4.72. The van der Waals surface area contributed by atoms with Crippen LogP contribution >= 0.6 is 0 Å². The molecule has 0 aromatic heterocycles. The average Bonchev–Trinajstić information content (AvgIpc) is 2.78. The van der Waals surface area contributed by atoms with Gasteiger partial charge in [0.2, 0.25) is 0 Å². The molecule has 1 fully saturated rings. The van der Waals surface area contributed by atoms with Crippen LogP contribution in [0.5, 0.6) is 5.75 Å². The first-order valence-corrected chi connectivity index (χ1v) is 10.3. The van der Waals surface area contributed by atoms with Gasteiger partial charge in [-0.05, 0) is 69.3 Å². The molecule has 4 aromatic rings. The largest absolute Gasteiger partial charge is 0.497 e. The standard InChI is InChI=1S/C27H25O/c1-28-22-16-14-19(15-17-22)23-12-7-13-25-26(23)18-21-10-5-6-11-24(21)27(25)20-8-3-2-4-9-20/h5-7,10-18H,2-4,8-9H2,1H3. The molecule has 139 valence electrons. The van der Waals surface area contributed by atoms with Gasteiger partial charge in [-0.25, -0.2) is 0 Å². The Morgan fingerprint density at radius 2 is 1.43 bits per heavy atom. The first-order valence-electron chi connectivity index (χ1n) is 10.3. The van der Waals surface area contributed by atoms with E-state index in [1.165, 1.54) is 70.3 Å². The Labute approximate surface area is 167 Å². The Morgan fingerprint density at radius 1 is 0.679 bits per heavy atom. The molecular formula is C27H25O. The van der Waals surface area contributed by atoms with Crippen LogP contribution in [0.15, 0.2) is 72.8 Å². The van der Waals surface area contributed by atoms with Crippen molar-refractivity contribution in [3.63, 3.8) is 0 Å². The van der Waals surface area contributed by atoms with Crippen molar-refractivity contribution >= 4 is 21.5 Å². The van der Waals surface area contributed by atoms with Crippen molar-refractivity contribution in [2.24, 2.45) is 0 Å². The SMILES string of the molecule is COc1ccc(-c2cccc3c([C]4CCCCC4)c4ccccc4cc23)cc1. The molecule has 0 N–H and O–H groups in total. The highest BCUT2D eigenvalue weighted by molar-refractivity contribution is 6.09. The first kappa shape index (κ1) is 17.3. The maximum atomic E-state index is 5.35. The molecular weight excluding hydrogens is 340 g/mol. The van der Waals surface area contributed by atoms with Crippen LogP contribution in [0.1, 0.15) is 37.7 Å². The van der Waals surface area contributed by atoms with Gasteiger partial charge in [-0.3, -0.25) is 0 Å². The predicted molar refractivity (Wildman–Crippen MR) is 119 cm³/mol. The third kappa shape index (κ3) is 2.96. The molecule has 0 bridgehead atoms. The van der Waals surface area contributed by atoms with Gasteiger partial charge in [0, 0.05) is 5.92 Å². The van der Waals surface area contributed by atoms with Crippen LogP contribution in [-0.2, 0) is 0 Å². The van der Waals surface area contributed by atoms with Crippen molar-refractivity contribution in [2.45, 2.75) is 32.1 Å². The molecule has 1 aliphatic carbocycles. The quantitative estimate of drug-likeness (QED) is 0.340. The third-order valence-corrected chi connectivity index (χ3v) is 6.12. The summed E-state index contributed by atoms with van der Waals surface area (Å²) in [6.45, 7) is 0. The zero-order valence-corrected chi connectivity index (χ0v) is 16.4. The van der Waals surface area contributed by atoms with Gasteiger partial charge in [0.05, 0.1) is 7.11 Å². The van der Waals surface area contributed by atoms with Crippen LogP contribution < -0.4 is 4.74 Å². The van der Waals surface area contributed by atoms with Gasteiger partial charge in [0.1, 0.15) is 5.75 Å². The second-order valence-electron chi connectivity index (χ2n) is 7.77. The molecule has 5 rings (SSSR count). The number of hydrogen-bond donors (Lipinski definition) is 0. The third-order valence-electron chi connectivity index (χ3n) is 6.12. The number of ether oxygens (including phenoxy) is 1. The molecule has 0 saturated heterocycles. The lowest BCUT2D eigenvalue weighted by Crippen LogP contribution is -2.07. The summed E-state index contributed by atoms with van der Waals surface area (Å²) in [5, 5.41) is 5.48. The van der Waals surface area contributed by atoms with Gasteiger partial charge in [-0.15, -0.1) is 0 Å². The van der Waals surface area contributed by atoms with Crippen LogP contribution in [0.3, 0.4) is 0 Å². The average molecular weight is 365 g/mol. The van der Waals surface area contributed by atoms with Crippen molar-refractivity contribution < 1.29 is 4.74 Å².